The third-order valence-corrected chi connectivity index (χ3v) is 15.0. The molecule has 3 aromatic carbocycles. The maximum Gasteiger partial charge on any atom is 0.533 e. The average molecular weight is 844 g/mol. The largest absolute Gasteiger partial charge is 0.543 e. The second-order valence-corrected chi connectivity index (χ2v) is 20.4. The first kappa shape index (κ1) is 46.7. The predicted octanol–water partition coefficient (Wildman–Crippen LogP) is 8.03. The molecule has 0 aliphatic heterocycles. The van der Waals surface area contributed by atoms with Crippen LogP contribution in [0.25, 0.3) is 0 Å². The molecule has 19 heteroatoms. The molecule has 17 nitrogen and oxygen atoms in total. The van der Waals surface area contributed by atoms with Gasteiger partial charge >= 0.3 is 18.1 Å². The summed E-state index contributed by atoms with van der Waals surface area (Å²) < 4.78 is 22.7. The number of hydrogen-bond acceptors (Lipinski definition) is 14. The number of amides is 1. The molecule has 0 radical (unpaired) electrons. The summed E-state index contributed by atoms with van der Waals surface area (Å²) in [6.45, 7) is 12.6. The smallest absolute Gasteiger partial charge is 0.533 e. The summed E-state index contributed by atoms with van der Waals surface area (Å²) >= 11 is 0.953. The van der Waals surface area contributed by atoms with Gasteiger partial charge in [-0.3, -0.25) is 25.0 Å². The maximum atomic E-state index is 13.3. The van der Waals surface area contributed by atoms with Crippen molar-refractivity contribution in [3.8, 4) is 11.5 Å². The summed E-state index contributed by atoms with van der Waals surface area (Å²) in [6.07, 6.45) is -1.20. The van der Waals surface area contributed by atoms with Crippen LogP contribution >= 0.6 is 11.8 Å². The van der Waals surface area contributed by atoms with E-state index in [1.54, 1.807) is 37.3 Å². The quantitative estimate of drug-likeness (QED) is 0.0554. The lowest BCUT2D eigenvalue weighted by Crippen LogP contribution is -2.48. The average Bonchev–Trinajstić information content (AvgIpc) is 3.16. The fourth-order valence-electron chi connectivity index (χ4n) is 5.61. The Kier molecular flexibility index (Phi) is 16.2. The number of nitro groups is 2. The Balaban J connectivity index is 2.11. The number of hydroxylamine groups is 2. The number of carbonyl (C=O) groups is 4. The van der Waals surface area contributed by atoms with E-state index in [0.29, 0.717) is 22.6 Å². The number of carbonyl (C=O) groups excluding carboxylic acids is 3. The topological polar surface area (TPSA) is 224 Å². The van der Waals surface area contributed by atoms with Crippen molar-refractivity contribution in [3.63, 3.8) is 0 Å². The van der Waals surface area contributed by atoms with E-state index in [0.717, 1.165) is 18.9 Å². The van der Waals surface area contributed by atoms with Gasteiger partial charge in [0.1, 0.15) is 23.7 Å². The van der Waals surface area contributed by atoms with Gasteiger partial charge in [0.05, 0.1) is 24.7 Å². The Morgan fingerprint density at radius 1 is 0.966 bits per heavy atom. The van der Waals surface area contributed by atoms with Crippen LogP contribution in [0.5, 0.6) is 11.5 Å². The van der Waals surface area contributed by atoms with Crippen molar-refractivity contribution in [1.82, 2.24) is 5.06 Å². The first-order chi connectivity index (χ1) is 27.2. The molecule has 0 saturated carbocycles. The van der Waals surface area contributed by atoms with Crippen molar-refractivity contribution in [1.29, 1.82) is 0 Å². The molecule has 1 amide bonds. The van der Waals surface area contributed by atoms with Crippen molar-refractivity contribution < 1.29 is 57.6 Å². The Labute approximate surface area is 341 Å². The number of nitrogens with zero attached hydrogens (tertiary/aromatic N) is 3. The van der Waals surface area contributed by atoms with Gasteiger partial charge in [0, 0.05) is 51.7 Å². The highest BCUT2D eigenvalue weighted by molar-refractivity contribution is 7.98. The number of non-ortho nitro benzene ring substituents is 1. The van der Waals surface area contributed by atoms with Crippen LogP contribution in [0.4, 0.5) is 10.5 Å². The van der Waals surface area contributed by atoms with E-state index >= 15 is 0 Å². The van der Waals surface area contributed by atoms with Crippen LogP contribution in [0.2, 0.25) is 18.1 Å². The van der Waals surface area contributed by atoms with Gasteiger partial charge in [-0.2, -0.15) is 16.8 Å². The second kappa shape index (κ2) is 20.1. The van der Waals surface area contributed by atoms with Crippen molar-refractivity contribution in [2.75, 3.05) is 20.0 Å². The number of esters is 1. The van der Waals surface area contributed by atoms with Crippen molar-refractivity contribution in [2.24, 2.45) is 0 Å². The van der Waals surface area contributed by atoms with E-state index in [4.69, 9.17) is 23.5 Å². The number of carboxylic acids is 1. The molecule has 58 heavy (non-hydrogen) atoms. The molecule has 0 aliphatic rings. The van der Waals surface area contributed by atoms with Gasteiger partial charge in [-0.05, 0) is 49.2 Å². The maximum absolute atomic E-state index is 13.3. The monoisotopic (exact) mass is 843 g/mol. The highest BCUT2D eigenvalue weighted by Gasteiger charge is 2.44. The number of rotatable bonds is 18. The molecule has 0 aromatic heterocycles. The molecule has 3 aromatic rings. The molecule has 2 unspecified atom stereocenters. The van der Waals surface area contributed by atoms with E-state index in [9.17, 15) is 44.5 Å². The van der Waals surface area contributed by atoms with Crippen LogP contribution in [0.15, 0.2) is 54.6 Å². The first-order valence-electron chi connectivity index (χ1n) is 18.1. The van der Waals surface area contributed by atoms with E-state index in [1.807, 2.05) is 33.9 Å². The summed E-state index contributed by atoms with van der Waals surface area (Å²) in [5.41, 5.74) is 0.470. The molecular formula is C39H49N3O14SSi. The highest BCUT2D eigenvalue weighted by atomic mass is 32.2. The van der Waals surface area contributed by atoms with Crippen molar-refractivity contribution >= 4 is 49.8 Å². The summed E-state index contributed by atoms with van der Waals surface area (Å²) in [5.74, 6) is -3.70. The minimum Gasteiger partial charge on any atom is -0.543 e. The molecular weight excluding hydrogens is 795 g/mol. The molecule has 0 heterocycles. The minimum absolute atomic E-state index is 0.0185. The first-order valence-corrected chi connectivity index (χ1v) is 22.2. The Morgan fingerprint density at radius 2 is 1.59 bits per heavy atom. The van der Waals surface area contributed by atoms with Crippen LogP contribution in [0.3, 0.4) is 0 Å². The minimum atomic E-state index is -2.78. The van der Waals surface area contributed by atoms with Crippen LogP contribution in [-0.2, 0) is 36.3 Å². The summed E-state index contributed by atoms with van der Waals surface area (Å²) in [6, 6.07) is 10.2. The number of carboxylic acid groups (broad SMARTS) is 1. The standard InChI is InChI=1S/C39H49N3O14SSi/c1-10-14-30(43)40(55-38(47)54-21-25-17-19-27(20-18-25)41(48)49)29(37(46)53-7)23-57-22-28-31(36(44)45)24(2)34(56-58(8,9)39(3,4)5)32(35(28)52-6)33(42(50)51)26-15-12-11-13-16-26/h11-13,15-20,29,33H,10,14,21-23H2,1-9H3,(H,44,45). The lowest BCUT2D eigenvalue weighted by molar-refractivity contribution is -0.517. The highest BCUT2D eigenvalue weighted by Crippen LogP contribution is 2.49. The van der Waals surface area contributed by atoms with Crippen LogP contribution in [0, 0.1) is 27.2 Å². The number of aromatic carboxylic acids is 1. The fourth-order valence-corrected chi connectivity index (χ4v) is 7.79. The number of thioether (sulfide) groups is 1. The van der Waals surface area contributed by atoms with Gasteiger partial charge in [-0.15, -0.1) is 0 Å². The van der Waals surface area contributed by atoms with Crippen LogP contribution in [-0.4, -0.2) is 78.3 Å². The molecule has 0 saturated heterocycles. The van der Waals surface area contributed by atoms with Gasteiger partial charge in [-0.1, -0.05) is 58.0 Å². The Bertz CT molecular complexity index is 1990. The van der Waals surface area contributed by atoms with Gasteiger partial charge in [0.15, 0.2) is 6.04 Å². The van der Waals surface area contributed by atoms with Gasteiger partial charge < -0.3 is 28.6 Å². The van der Waals surface area contributed by atoms with E-state index < -0.39 is 54.2 Å². The number of methoxy groups -OCH3 is 2. The third-order valence-electron chi connectivity index (χ3n) is 9.63. The second-order valence-electron chi connectivity index (χ2n) is 14.6. The van der Waals surface area contributed by atoms with E-state index in [-0.39, 0.29) is 69.0 Å². The van der Waals surface area contributed by atoms with Crippen LogP contribution < -0.4 is 9.16 Å². The lowest BCUT2D eigenvalue weighted by Gasteiger charge is -2.38. The van der Waals surface area contributed by atoms with Crippen molar-refractivity contribution in [2.45, 2.75) is 90.0 Å². The summed E-state index contributed by atoms with van der Waals surface area (Å²) in [4.78, 5) is 80.7. The molecule has 0 bridgehead atoms. The molecule has 3 rings (SSSR count). The summed E-state index contributed by atoms with van der Waals surface area (Å²) in [5, 5.41) is 34.8. The Morgan fingerprint density at radius 3 is 2.09 bits per heavy atom. The lowest BCUT2D eigenvalue weighted by atomic mass is 9.90. The number of nitro benzene ring substituents is 1. The zero-order chi connectivity index (χ0) is 43.5. The molecule has 0 spiro atoms. The van der Waals surface area contributed by atoms with Gasteiger partial charge in [0.25, 0.3) is 26.0 Å². The number of hydrogen-bond donors (Lipinski definition) is 1. The summed E-state index contributed by atoms with van der Waals surface area (Å²) in [7, 11) is -0.438. The molecule has 2 atom stereocenters. The van der Waals surface area contributed by atoms with Gasteiger partial charge in [0.2, 0.25) is 0 Å². The predicted molar refractivity (Wildman–Crippen MR) is 216 cm³/mol. The Hall–Kier alpha value is -5.69. The van der Waals surface area contributed by atoms with E-state index in [2.05, 4.69) is 0 Å². The fraction of sp³-hybridized carbons (Fsp3) is 0.436. The number of benzene rings is 3. The zero-order valence-corrected chi connectivity index (χ0v) is 35.7. The third kappa shape index (κ3) is 11.2. The SMILES string of the molecule is CCCC(=O)N(OC(=O)OCc1ccc([N+](=O)[O-])cc1)C(CSCc1c(OC)c(C(c2ccccc2)[N+](=O)[O-])c(O[Si](C)(C)C(C)(C)C)c(C)c1C(=O)O)C(=O)OC. The van der Waals surface area contributed by atoms with Crippen molar-refractivity contribution in [3.05, 3.63) is 108 Å². The zero-order valence-electron chi connectivity index (χ0n) is 33.9. The van der Waals surface area contributed by atoms with E-state index in [1.165, 1.54) is 38.3 Å². The molecule has 314 valence electrons. The number of ether oxygens (including phenoxy) is 3. The van der Waals surface area contributed by atoms with Gasteiger partial charge in [-0.25, -0.2) is 14.4 Å². The molecule has 0 fully saturated rings. The normalized spacial score (nSPS) is 12.4. The molecule has 0 aliphatic carbocycles. The van der Waals surface area contributed by atoms with Crippen LogP contribution in [0.1, 0.15) is 84.8 Å². The molecule has 1 N–H and O–H groups in total.